The Morgan fingerprint density at radius 3 is 3.21 bits per heavy atom. The van der Waals surface area contributed by atoms with Crippen LogP contribution in [0.25, 0.3) is 0 Å². The molecular weight excluding hydrogens is 204 g/mol. The number of H-pyrrole nitrogens is 1. The van der Waals surface area contributed by atoms with Crippen molar-refractivity contribution in [3.63, 3.8) is 0 Å². The van der Waals surface area contributed by atoms with E-state index in [1.807, 2.05) is 0 Å². The number of nitrogens with zero attached hydrogens (tertiary/aromatic N) is 1. The summed E-state index contributed by atoms with van der Waals surface area (Å²) in [5.41, 5.74) is 0.481. The highest BCUT2D eigenvalue weighted by Crippen LogP contribution is 2.21. The second-order valence-electron chi connectivity index (χ2n) is 3.32. The van der Waals surface area contributed by atoms with Crippen LogP contribution in [-0.2, 0) is 10.6 Å². The molecule has 1 atom stereocenters. The maximum absolute atomic E-state index is 11.2. The van der Waals surface area contributed by atoms with Crippen LogP contribution in [0.1, 0.15) is 23.9 Å². The van der Waals surface area contributed by atoms with Gasteiger partial charge in [0.2, 0.25) is 0 Å². The van der Waals surface area contributed by atoms with Crippen molar-refractivity contribution in [1.82, 2.24) is 9.97 Å². The average Bonchev–Trinajstić information content (AvgIpc) is 2.69. The summed E-state index contributed by atoms with van der Waals surface area (Å²) in [6.45, 7) is 1.37. The number of halogens is 1. The smallest absolute Gasteiger partial charge is 0.251 e. The predicted molar refractivity (Wildman–Crippen MR) is 52.6 cm³/mol. The standard InChI is InChI=1S/C9H11ClN2O2/c10-4-7-3-8(13)12-9(11-7)6-1-2-14-5-6/h3,6H,1-2,4-5H2,(H,11,12,13). The molecule has 0 radical (unpaired) electrons. The van der Waals surface area contributed by atoms with E-state index >= 15 is 0 Å². The first kappa shape index (κ1) is 9.68. The fourth-order valence-corrected chi connectivity index (χ4v) is 1.68. The lowest BCUT2D eigenvalue weighted by molar-refractivity contribution is 0.193. The summed E-state index contributed by atoms with van der Waals surface area (Å²) in [6, 6.07) is 1.42. The predicted octanol–water partition coefficient (Wildman–Crippen LogP) is 1.01. The van der Waals surface area contributed by atoms with Crippen LogP contribution in [0.3, 0.4) is 0 Å². The van der Waals surface area contributed by atoms with E-state index in [0.29, 0.717) is 18.1 Å². The minimum atomic E-state index is -0.141. The van der Waals surface area contributed by atoms with Crippen molar-refractivity contribution in [1.29, 1.82) is 0 Å². The van der Waals surface area contributed by atoms with E-state index < -0.39 is 0 Å². The Labute approximate surface area is 86.3 Å². The summed E-state index contributed by atoms with van der Waals surface area (Å²) in [5, 5.41) is 0. The van der Waals surface area contributed by atoms with Gasteiger partial charge in [0.05, 0.1) is 18.2 Å². The van der Waals surface area contributed by atoms with Gasteiger partial charge < -0.3 is 9.72 Å². The summed E-state index contributed by atoms with van der Waals surface area (Å²) in [6.07, 6.45) is 0.911. The molecule has 1 saturated heterocycles. The van der Waals surface area contributed by atoms with Crippen LogP contribution >= 0.6 is 11.6 Å². The van der Waals surface area contributed by atoms with Gasteiger partial charge in [0.25, 0.3) is 5.56 Å². The third-order valence-electron chi connectivity index (χ3n) is 2.27. The maximum atomic E-state index is 11.2. The van der Waals surface area contributed by atoms with Crippen molar-refractivity contribution in [3.05, 3.63) is 27.9 Å². The van der Waals surface area contributed by atoms with E-state index in [0.717, 1.165) is 13.0 Å². The van der Waals surface area contributed by atoms with Gasteiger partial charge in [-0.05, 0) is 6.42 Å². The van der Waals surface area contributed by atoms with Crippen molar-refractivity contribution < 1.29 is 4.74 Å². The molecule has 14 heavy (non-hydrogen) atoms. The molecule has 5 heteroatoms. The largest absolute Gasteiger partial charge is 0.381 e. The number of aromatic amines is 1. The Kier molecular flexibility index (Phi) is 2.84. The Balaban J connectivity index is 2.32. The van der Waals surface area contributed by atoms with Crippen LogP contribution < -0.4 is 5.56 Å². The summed E-state index contributed by atoms with van der Waals surface area (Å²) in [5.74, 6) is 1.18. The lowest BCUT2D eigenvalue weighted by Crippen LogP contribution is -2.15. The fraction of sp³-hybridized carbons (Fsp3) is 0.556. The van der Waals surface area contributed by atoms with Crippen LogP contribution in [-0.4, -0.2) is 23.2 Å². The fourth-order valence-electron chi connectivity index (χ4n) is 1.54. The molecule has 2 heterocycles. The van der Waals surface area contributed by atoms with Crippen LogP contribution in [0, 0.1) is 0 Å². The van der Waals surface area contributed by atoms with Gasteiger partial charge in [-0.25, -0.2) is 4.98 Å². The van der Waals surface area contributed by atoms with Gasteiger partial charge in [0.15, 0.2) is 0 Å². The minimum absolute atomic E-state index is 0.141. The number of hydrogen-bond donors (Lipinski definition) is 1. The van der Waals surface area contributed by atoms with E-state index in [1.54, 1.807) is 0 Å². The number of alkyl halides is 1. The van der Waals surface area contributed by atoms with Crippen LogP contribution in [0.2, 0.25) is 0 Å². The van der Waals surface area contributed by atoms with Crippen LogP contribution in [0.15, 0.2) is 10.9 Å². The zero-order valence-electron chi connectivity index (χ0n) is 7.62. The summed E-state index contributed by atoms with van der Waals surface area (Å²) in [7, 11) is 0. The molecule has 1 fully saturated rings. The quantitative estimate of drug-likeness (QED) is 0.748. The Morgan fingerprint density at radius 1 is 1.71 bits per heavy atom. The van der Waals surface area contributed by atoms with E-state index in [1.165, 1.54) is 6.07 Å². The molecule has 0 saturated carbocycles. The van der Waals surface area contributed by atoms with Gasteiger partial charge in [-0.2, -0.15) is 0 Å². The van der Waals surface area contributed by atoms with Gasteiger partial charge >= 0.3 is 0 Å². The SMILES string of the molecule is O=c1cc(CCl)nc(C2CCOC2)[nH]1. The monoisotopic (exact) mass is 214 g/mol. The van der Waals surface area contributed by atoms with Crippen LogP contribution in [0.4, 0.5) is 0 Å². The molecule has 1 N–H and O–H groups in total. The van der Waals surface area contributed by atoms with Crippen LogP contribution in [0.5, 0.6) is 0 Å². The first-order valence-corrected chi connectivity index (χ1v) is 5.07. The molecule has 0 spiro atoms. The van der Waals surface area contributed by atoms with Crippen molar-refractivity contribution in [2.75, 3.05) is 13.2 Å². The first-order chi connectivity index (χ1) is 6.79. The molecule has 0 aliphatic carbocycles. The van der Waals surface area contributed by atoms with E-state index in [4.69, 9.17) is 16.3 Å². The molecule has 76 valence electrons. The second kappa shape index (κ2) is 4.11. The second-order valence-corrected chi connectivity index (χ2v) is 3.58. The Hall–Kier alpha value is -0.870. The Morgan fingerprint density at radius 2 is 2.57 bits per heavy atom. The van der Waals surface area contributed by atoms with Crippen molar-refractivity contribution in [3.8, 4) is 0 Å². The van der Waals surface area contributed by atoms with Gasteiger partial charge in [-0.15, -0.1) is 11.6 Å². The highest BCUT2D eigenvalue weighted by Gasteiger charge is 2.20. The van der Waals surface area contributed by atoms with E-state index in [2.05, 4.69) is 9.97 Å². The number of rotatable bonds is 2. The topological polar surface area (TPSA) is 55.0 Å². The zero-order chi connectivity index (χ0) is 9.97. The molecule has 0 amide bonds. The average molecular weight is 215 g/mol. The molecule has 1 aromatic heterocycles. The summed E-state index contributed by atoms with van der Waals surface area (Å²) >= 11 is 5.63. The Bertz CT molecular complexity index is 371. The highest BCUT2D eigenvalue weighted by atomic mass is 35.5. The van der Waals surface area contributed by atoms with Crippen molar-refractivity contribution >= 4 is 11.6 Å². The molecule has 2 rings (SSSR count). The third-order valence-corrected chi connectivity index (χ3v) is 2.54. The van der Waals surface area contributed by atoms with Crippen molar-refractivity contribution in [2.45, 2.75) is 18.2 Å². The van der Waals surface area contributed by atoms with Gasteiger partial charge in [-0.1, -0.05) is 0 Å². The normalized spacial score (nSPS) is 21.4. The number of ether oxygens (including phenoxy) is 1. The minimum Gasteiger partial charge on any atom is -0.381 e. The van der Waals surface area contributed by atoms with E-state index in [9.17, 15) is 4.79 Å². The lowest BCUT2D eigenvalue weighted by atomic mass is 10.1. The number of nitrogens with one attached hydrogen (secondary N) is 1. The third kappa shape index (κ3) is 1.96. The molecule has 0 aromatic carbocycles. The van der Waals surface area contributed by atoms with E-state index in [-0.39, 0.29) is 17.4 Å². The van der Waals surface area contributed by atoms with Gasteiger partial charge in [0, 0.05) is 18.6 Å². The number of hydrogen-bond acceptors (Lipinski definition) is 3. The molecule has 1 unspecified atom stereocenters. The molecule has 1 aliphatic heterocycles. The summed E-state index contributed by atoms with van der Waals surface area (Å²) < 4.78 is 5.23. The van der Waals surface area contributed by atoms with Gasteiger partial charge in [-0.3, -0.25) is 4.79 Å². The molecule has 4 nitrogen and oxygen atoms in total. The van der Waals surface area contributed by atoms with Gasteiger partial charge in [0.1, 0.15) is 5.82 Å². The zero-order valence-corrected chi connectivity index (χ0v) is 8.38. The molecular formula is C9H11ClN2O2. The molecule has 0 bridgehead atoms. The first-order valence-electron chi connectivity index (χ1n) is 4.53. The summed E-state index contributed by atoms with van der Waals surface area (Å²) in [4.78, 5) is 18.2. The maximum Gasteiger partial charge on any atom is 0.251 e. The molecule has 1 aliphatic rings. The van der Waals surface area contributed by atoms with Crippen molar-refractivity contribution in [2.24, 2.45) is 0 Å². The number of aromatic nitrogens is 2. The molecule has 1 aromatic rings. The highest BCUT2D eigenvalue weighted by molar-refractivity contribution is 6.16. The lowest BCUT2D eigenvalue weighted by Gasteiger charge is -2.06.